The fourth-order valence-corrected chi connectivity index (χ4v) is 9.90. The zero-order valence-corrected chi connectivity index (χ0v) is 54.5. The molecule has 0 unspecified atom stereocenters. The number of nitrogens with one attached hydrogen (secondary N) is 10. The Kier molecular flexibility index (Phi) is 33.4. The average Bonchev–Trinajstić information content (AvgIpc) is 1.55. The van der Waals surface area contributed by atoms with E-state index < -0.39 is 218 Å². The first kappa shape index (κ1) is 81.7. The number of carbonyl (C=O) groups excluding carboxylic acids is 14. The van der Waals surface area contributed by atoms with Crippen molar-refractivity contribution in [1.82, 2.24) is 58.1 Å². The minimum atomic E-state index is -1.75. The van der Waals surface area contributed by atoms with E-state index in [9.17, 15) is 102 Å². The molecule has 1 heterocycles. The summed E-state index contributed by atoms with van der Waals surface area (Å²) in [6.07, 6.45) is -3.58. The first-order chi connectivity index (χ1) is 46.0. The van der Waals surface area contributed by atoms with E-state index in [0.717, 1.165) is 4.90 Å². The molecule has 98 heavy (non-hydrogen) atoms. The summed E-state index contributed by atoms with van der Waals surface area (Å²) in [6, 6.07) is -8.00. The number of carboxylic acid groups (broad SMARTS) is 2. The van der Waals surface area contributed by atoms with Crippen molar-refractivity contribution in [3.05, 3.63) is 59.7 Å². The van der Waals surface area contributed by atoms with Crippen LogP contribution < -0.4 is 81.8 Å². The number of rotatable bonds is 42. The number of aliphatic hydroxyl groups excluding tert-OH is 1. The molecule has 3 rings (SSSR count). The lowest BCUT2D eigenvalue weighted by Crippen LogP contribution is -2.61. The maximum Gasteiger partial charge on any atom is 0.328 e. The number of carboxylic acids is 2. The molecule has 0 spiro atoms. The van der Waals surface area contributed by atoms with Gasteiger partial charge in [-0.15, -0.1) is 0 Å². The molecule has 2 aromatic rings. The molecule has 2 aromatic carbocycles. The molecule has 540 valence electrons. The number of benzene rings is 2. The summed E-state index contributed by atoms with van der Waals surface area (Å²) in [5.74, 6) is -18.1. The lowest BCUT2D eigenvalue weighted by atomic mass is 10.0. The van der Waals surface area contributed by atoms with E-state index in [0.29, 0.717) is 17.5 Å². The quantitative estimate of drug-likeness (QED) is 0.0275. The van der Waals surface area contributed by atoms with Crippen LogP contribution in [0.4, 0.5) is 0 Å². The summed E-state index contributed by atoms with van der Waals surface area (Å²) in [5, 5.41) is 72.1. The molecule has 1 fully saturated rings. The Morgan fingerprint density at radius 2 is 0.929 bits per heavy atom. The Morgan fingerprint density at radius 1 is 0.490 bits per heavy atom. The number of phenols is 2. The first-order valence-electron chi connectivity index (χ1n) is 31.3. The van der Waals surface area contributed by atoms with Crippen molar-refractivity contribution < 1.29 is 102 Å². The summed E-state index contributed by atoms with van der Waals surface area (Å²) in [4.78, 5) is 213. The molecule has 0 saturated carbocycles. The molecule has 0 radical (unpaired) electrons. The van der Waals surface area contributed by atoms with Crippen LogP contribution in [-0.4, -0.2) is 217 Å². The summed E-state index contributed by atoms with van der Waals surface area (Å²) in [7, 11) is 0. The lowest BCUT2D eigenvalue weighted by molar-refractivity contribution is -0.144. The molecule has 25 N–H and O–H groups in total. The van der Waals surface area contributed by atoms with E-state index in [4.69, 9.17) is 28.7 Å². The zero-order chi connectivity index (χ0) is 73.7. The SMILES string of the molecule is CC(C)[C@H](NC(=O)[C@H](CC(N)=O)NC(=O)[C@@H]1CCCN1C(=O)[C@H](Cc1ccc(O)cc1)NC(=O)[C@H](C)NC(=O)[C@H](CCC(N)=O)NC(=O)[C@H](C)NC(=O)[C@H](Cc1ccc(O)cc1)NC(=O)[C@H](CCCCN)NC(=O)[C@H](CCC(=O)O)NC(=O)[C@@H](N)CC(N)=O)C(=O)N[C@@H](CO)C(=O)O. The van der Waals surface area contributed by atoms with E-state index in [2.05, 4.69) is 53.2 Å². The van der Waals surface area contributed by atoms with Gasteiger partial charge in [-0.2, -0.15) is 0 Å². The van der Waals surface area contributed by atoms with Crippen molar-refractivity contribution in [1.29, 1.82) is 0 Å². The predicted octanol–water partition coefficient (Wildman–Crippen LogP) is -7.17. The van der Waals surface area contributed by atoms with Crippen LogP contribution in [0.2, 0.25) is 0 Å². The van der Waals surface area contributed by atoms with E-state index in [1.165, 1.54) is 76.2 Å². The van der Waals surface area contributed by atoms with Crippen molar-refractivity contribution >= 4 is 94.6 Å². The van der Waals surface area contributed by atoms with E-state index in [1.807, 2.05) is 0 Å². The largest absolute Gasteiger partial charge is 0.508 e. The van der Waals surface area contributed by atoms with Crippen molar-refractivity contribution in [3.8, 4) is 11.5 Å². The minimum Gasteiger partial charge on any atom is -0.508 e. The van der Waals surface area contributed by atoms with Crippen LogP contribution >= 0.6 is 0 Å². The summed E-state index contributed by atoms with van der Waals surface area (Å²) < 4.78 is 0. The molecule has 12 atom stereocenters. The second-order valence-electron chi connectivity index (χ2n) is 23.7. The van der Waals surface area contributed by atoms with E-state index >= 15 is 0 Å². The van der Waals surface area contributed by atoms with Gasteiger partial charge in [-0.3, -0.25) is 71.9 Å². The first-order valence-corrected chi connectivity index (χ1v) is 31.3. The number of carbonyl (C=O) groups is 16. The van der Waals surface area contributed by atoms with Crippen LogP contribution in [0.5, 0.6) is 11.5 Å². The number of aliphatic hydroxyl groups is 1. The van der Waals surface area contributed by atoms with Crippen LogP contribution in [0, 0.1) is 5.92 Å². The smallest absolute Gasteiger partial charge is 0.328 e. The highest BCUT2D eigenvalue weighted by Crippen LogP contribution is 2.22. The van der Waals surface area contributed by atoms with Crippen molar-refractivity contribution in [2.45, 2.75) is 184 Å². The standard InChI is InChI=1S/C61H90N16O21/c1-29(2)49(59(95)75-43(28-78)61(97)98)76-57(93)41(27-47(66)83)73-58(94)44-9-7-23-77(44)60(96)42(25-33-12-16-35(80)17-13-33)74-51(87)31(4)67-53(89)38(18-20-45(64)81)69-50(86)30(3)68-56(92)40(24-32-10-14-34(79)15-11-32)72-54(90)37(8-5-6-22-62)71-55(91)39(19-21-48(84)85)70-52(88)36(63)26-46(65)82/h10-17,29-31,36-44,49,78-80H,5-9,18-28,62-63H2,1-4H3,(H2,64,81)(H2,65,82)(H2,66,83)(H,67,89)(H,68,92)(H,69,86)(H,70,88)(H,71,91)(H,72,90)(H,73,94)(H,74,87)(H,75,95)(H,76,93)(H,84,85)(H,97,98)/t30-,31-,36-,37-,38-,39-,40-,41-,42-,43-,44-,49-/m0/s1. The Morgan fingerprint density at radius 3 is 1.41 bits per heavy atom. The second-order valence-corrected chi connectivity index (χ2v) is 23.7. The molecule has 0 aliphatic carbocycles. The van der Waals surface area contributed by atoms with Gasteiger partial charge in [-0.05, 0) is 107 Å². The maximum absolute atomic E-state index is 14.7. The summed E-state index contributed by atoms with van der Waals surface area (Å²) in [6.45, 7) is 4.44. The maximum atomic E-state index is 14.7. The second kappa shape index (κ2) is 40.1. The van der Waals surface area contributed by atoms with Gasteiger partial charge in [-0.1, -0.05) is 38.1 Å². The summed E-state index contributed by atoms with van der Waals surface area (Å²) in [5.41, 5.74) is 28.2. The zero-order valence-electron chi connectivity index (χ0n) is 54.5. The Bertz CT molecular complexity index is 3190. The summed E-state index contributed by atoms with van der Waals surface area (Å²) >= 11 is 0. The number of hydrogen-bond donors (Lipinski definition) is 20. The number of hydrogen-bond acceptors (Lipinski definition) is 21. The van der Waals surface area contributed by atoms with Crippen LogP contribution in [0.15, 0.2) is 48.5 Å². The van der Waals surface area contributed by atoms with Gasteiger partial charge in [0, 0.05) is 32.2 Å². The third-order valence-corrected chi connectivity index (χ3v) is 15.4. The fraction of sp³-hybridized carbons (Fsp3) is 0.541. The van der Waals surface area contributed by atoms with Gasteiger partial charge in [0.25, 0.3) is 0 Å². The number of nitrogens with two attached hydrogens (primary N) is 5. The third-order valence-electron chi connectivity index (χ3n) is 15.4. The van der Waals surface area contributed by atoms with E-state index in [-0.39, 0.29) is 63.1 Å². The average molecular weight is 1380 g/mol. The van der Waals surface area contributed by atoms with Gasteiger partial charge in [0.05, 0.1) is 25.5 Å². The van der Waals surface area contributed by atoms with Gasteiger partial charge in [0.2, 0.25) is 82.7 Å². The predicted molar refractivity (Wildman–Crippen MR) is 342 cm³/mol. The van der Waals surface area contributed by atoms with Crippen LogP contribution in [0.25, 0.3) is 0 Å². The van der Waals surface area contributed by atoms with Gasteiger partial charge >= 0.3 is 11.9 Å². The minimum absolute atomic E-state index is 0.0104. The molecule has 37 nitrogen and oxygen atoms in total. The molecular formula is C61H90N16O21. The molecule has 1 aliphatic rings. The lowest BCUT2D eigenvalue weighted by Gasteiger charge is -2.31. The number of amides is 14. The normalized spacial score (nSPS) is 16.0. The van der Waals surface area contributed by atoms with Crippen molar-refractivity contribution in [3.63, 3.8) is 0 Å². The third kappa shape index (κ3) is 27.6. The van der Waals surface area contributed by atoms with Crippen molar-refractivity contribution in [2.75, 3.05) is 19.7 Å². The number of primary amides is 3. The Labute approximate surface area is 562 Å². The van der Waals surface area contributed by atoms with Gasteiger partial charge < -0.3 is 112 Å². The van der Waals surface area contributed by atoms with Crippen LogP contribution in [0.3, 0.4) is 0 Å². The van der Waals surface area contributed by atoms with Crippen LogP contribution in [0.1, 0.15) is 109 Å². The highest BCUT2D eigenvalue weighted by molar-refractivity contribution is 6.00. The molecule has 37 heteroatoms. The number of aromatic hydroxyl groups is 2. The monoisotopic (exact) mass is 1380 g/mol. The van der Waals surface area contributed by atoms with Crippen molar-refractivity contribution in [2.24, 2.45) is 34.6 Å². The highest BCUT2D eigenvalue weighted by Gasteiger charge is 2.41. The number of aliphatic carboxylic acids is 2. The Hall–Kier alpha value is -10.6. The number of phenolic OH excluding ortho intramolecular Hbond substituents is 2. The molecule has 14 amide bonds. The molecule has 0 bridgehead atoms. The molecule has 1 aliphatic heterocycles. The molecule has 0 aromatic heterocycles. The Balaban J connectivity index is 1.88. The van der Waals surface area contributed by atoms with E-state index in [1.54, 1.807) is 0 Å². The molecule has 1 saturated heterocycles. The molecular weight excluding hydrogens is 1290 g/mol. The fourth-order valence-electron chi connectivity index (χ4n) is 9.90. The van der Waals surface area contributed by atoms with Gasteiger partial charge in [-0.25, -0.2) is 4.79 Å². The van der Waals surface area contributed by atoms with Gasteiger partial charge in [0.1, 0.15) is 78.0 Å². The highest BCUT2D eigenvalue weighted by atomic mass is 16.4. The number of unbranched alkanes of at least 4 members (excludes halogenated alkanes) is 1. The van der Waals surface area contributed by atoms with Crippen LogP contribution in [-0.2, 0) is 89.6 Å². The number of nitrogens with zero attached hydrogens (tertiary/aromatic N) is 1. The van der Waals surface area contributed by atoms with Gasteiger partial charge in [0.15, 0.2) is 0 Å². The number of likely N-dealkylation sites (tertiary alicyclic amines) is 1. The topological polar surface area (TPSA) is 628 Å².